The van der Waals surface area contributed by atoms with Crippen LogP contribution >= 0.6 is 11.8 Å². The number of anilines is 1. The van der Waals surface area contributed by atoms with E-state index in [1.807, 2.05) is 30.3 Å². The topological polar surface area (TPSA) is 89.8 Å². The summed E-state index contributed by atoms with van der Waals surface area (Å²) in [5.74, 6) is 2.07. The Balaban J connectivity index is 1.60. The van der Waals surface area contributed by atoms with Gasteiger partial charge in [-0.25, -0.2) is 9.97 Å². The first-order valence-corrected chi connectivity index (χ1v) is 10.1. The minimum atomic E-state index is -0.0840. The highest BCUT2D eigenvalue weighted by atomic mass is 32.2. The number of hydrogen-bond acceptors (Lipinski definition) is 6. The molecule has 4 rings (SSSR count). The van der Waals surface area contributed by atoms with E-state index in [9.17, 15) is 5.11 Å². The first-order valence-electron chi connectivity index (χ1n) is 9.10. The number of aromatic hydroxyl groups is 1. The Morgan fingerprint density at radius 2 is 1.85 bits per heavy atom. The van der Waals surface area contributed by atoms with Crippen LogP contribution in [0.3, 0.4) is 0 Å². The predicted octanol–water partition coefficient (Wildman–Crippen LogP) is 3.83. The van der Waals surface area contributed by atoms with E-state index in [0.717, 1.165) is 17.2 Å². The molecule has 3 N–H and O–H groups in total. The van der Waals surface area contributed by atoms with Crippen molar-refractivity contribution in [3.8, 4) is 6.01 Å². The standard InChI is InChI=1S/C19H23N5OS/c20-16-15-17(23-18(22-16)26-12-14-9-5-2-6-10-14)24(19(25)21-15)11-13-7-3-1-4-8-13/h1,3-4,7-8,14H,2,5-6,9-12H2,(H,21,25)(H2,20,22,23). The molecule has 1 aromatic carbocycles. The van der Waals surface area contributed by atoms with Crippen molar-refractivity contribution in [1.82, 2.24) is 19.5 Å². The molecular weight excluding hydrogens is 346 g/mol. The van der Waals surface area contributed by atoms with Crippen LogP contribution in [0, 0.1) is 5.92 Å². The lowest BCUT2D eigenvalue weighted by Gasteiger charge is -2.20. The molecule has 0 spiro atoms. The molecule has 7 heteroatoms. The lowest BCUT2D eigenvalue weighted by atomic mass is 9.91. The molecule has 0 saturated heterocycles. The summed E-state index contributed by atoms with van der Waals surface area (Å²) in [6.45, 7) is 0.492. The number of thioether (sulfide) groups is 1. The van der Waals surface area contributed by atoms with Gasteiger partial charge in [0, 0.05) is 5.75 Å². The van der Waals surface area contributed by atoms with E-state index >= 15 is 0 Å². The van der Waals surface area contributed by atoms with Crippen LogP contribution in [-0.4, -0.2) is 30.4 Å². The van der Waals surface area contributed by atoms with E-state index in [2.05, 4.69) is 15.0 Å². The number of imidazole rings is 1. The first kappa shape index (κ1) is 17.1. The SMILES string of the molecule is Nc1nc(SCC2CCCCC2)nc2c1nc(O)n2Cc1ccccc1. The molecule has 1 aliphatic carbocycles. The largest absolute Gasteiger partial charge is 0.480 e. The van der Waals surface area contributed by atoms with Gasteiger partial charge < -0.3 is 10.8 Å². The third-order valence-corrected chi connectivity index (χ3v) is 6.02. The zero-order valence-corrected chi connectivity index (χ0v) is 15.5. The number of hydrogen-bond donors (Lipinski definition) is 2. The molecule has 0 atom stereocenters. The molecule has 1 aliphatic rings. The number of nitrogens with zero attached hydrogens (tertiary/aromatic N) is 4. The molecule has 0 amide bonds. The van der Waals surface area contributed by atoms with E-state index < -0.39 is 0 Å². The van der Waals surface area contributed by atoms with Gasteiger partial charge in [-0.3, -0.25) is 4.57 Å². The number of rotatable bonds is 5. The first-order chi connectivity index (χ1) is 12.7. The fourth-order valence-electron chi connectivity index (χ4n) is 3.51. The third kappa shape index (κ3) is 3.62. The van der Waals surface area contributed by atoms with E-state index in [0.29, 0.717) is 28.7 Å². The predicted molar refractivity (Wildman–Crippen MR) is 104 cm³/mol. The number of aromatic nitrogens is 4. The zero-order chi connectivity index (χ0) is 17.9. The van der Waals surface area contributed by atoms with Gasteiger partial charge in [-0.1, -0.05) is 61.4 Å². The van der Waals surface area contributed by atoms with Crippen LogP contribution in [0.15, 0.2) is 35.5 Å². The molecule has 0 radical (unpaired) electrons. The van der Waals surface area contributed by atoms with Gasteiger partial charge >= 0.3 is 0 Å². The van der Waals surface area contributed by atoms with Gasteiger partial charge in [0.2, 0.25) is 0 Å². The Hall–Kier alpha value is -2.28. The zero-order valence-electron chi connectivity index (χ0n) is 14.6. The average molecular weight is 369 g/mol. The van der Waals surface area contributed by atoms with Crippen molar-refractivity contribution in [3.05, 3.63) is 35.9 Å². The van der Waals surface area contributed by atoms with Crippen molar-refractivity contribution in [3.63, 3.8) is 0 Å². The summed E-state index contributed by atoms with van der Waals surface area (Å²) in [6, 6.07) is 9.85. The van der Waals surface area contributed by atoms with Crippen LogP contribution in [0.4, 0.5) is 5.82 Å². The molecule has 136 valence electrons. The Morgan fingerprint density at radius 3 is 2.62 bits per heavy atom. The van der Waals surface area contributed by atoms with Gasteiger partial charge in [0.05, 0.1) is 6.54 Å². The van der Waals surface area contributed by atoms with E-state index in [-0.39, 0.29) is 6.01 Å². The fraction of sp³-hybridized carbons (Fsp3) is 0.421. The Bertz CT molecular complexity index is 890. The lowest BCUT2D eigenvalue weighted by molar-refractivity contribution is 0.391. The number of benzene rings is 1. The maximum Gasteiger partial charge on any atom is 0.296 e. The minimum Gasteiger partial charge on any atom is -0.480 e. The summed E-state index contributed by atoms with van der Waals surface area (Å²) >= 11 is 1.66. The molecule has 3 aromatic rings. The van der Waals surface area contributed by atoms with Crippen LogP contribution in [-0.2, 0) is 6.54 Å². The number of nitrogens with two attached hydrogens (primary N) is 1. The maximum atomic E-state index is 10.3. The van der Waals surface area contributed by atoms with Gasteiger partial charge in [-0.05, 0) is 24.3 Å². The molecule has 6 nitrogen and oxygen atoms in total. The van der Waals surface area contributed by atoms with E-state index in [1.165, 1.54) is 32.1 Å². The molecule has 1 saturated carbocycles. The number of nitrogen functional groups attached to an aromatic ring is 1. The van der Waals surface area contributed by atoms with Gasteiger partial charge in [0.15, 0.2) is 22.1 Å². The van der Waals surface area contributed by atoms with Crippen LogP contribution < -0.4 is 5.73 Å². The Kier molecular flexibility index (Phi) is 4.97. The lowest BCUT2D eigenvalue weighted by Crippen LogP contribution is -2.09. The Labute approximate surface area is 156 Å². The Morgan fingerprint density at radius 1 is 1.08 bits per heavy atom. The van der Waals surface area contributed by atoms with Crippen LogP contribution in [0.25, 0.3) is 11.2 Å². The van der Waals surface area contributed by atoms with Gasteiger partial charge in [-0.15, -0.1) is 0 Å². The quantitative estimate of drug-likeness (QED) is 0.525. The fourth-order valence-corrected chi connectivity index (χ4v) is 4.54. The van der Waals surface area contributed by atoms with Crippen LogP contribution in [0.1, 0.15) is 37.7 Å². The second-order valence-electron chi connectivity index (χ2n) is 6.86. The van der Waals surface area contributed by atoms with Crippen LogP contribution in [0.5, 0.6) is 6.01 Å². The monoisotopic (exact) mass is 369 g/mol. The summed E-state index contributed by atoms with van der Waals surface area (Å²) in [6.07, 6.45) is 6.58. The molecule has 2 aromatic heterocycles. The molecule has 2 heterocycles. The highest BCUT2D eigenvalue weighted by Gasteiger charge is 2.18. The molecule has 0 unspecified atom stereocenters. The smallest absolute Gasteiger partial charge is 0.296 e. The molecule has 1 fully saturated rings. The van der Waals surface area contributed by atoms with Crippen LogP contribution in [0.2, 0.25) is 0 Å². The highest BCUT2D eigenvalue weighted by molar-refractivity contribution is 7.99. The summed E-state index contributed by atoms with van der Waals surface area (Å²) in [5, 5.41) is 10.9. The van der Waals surface area contributed by atoms with Crippen molar-refractivity contribution >= 4 is 28.7 Å². The summed E-state index contributed by atoms with van der Waals surface area (Å²) in [7, 11) is 0. The highest BCUT2D eigenvalue weighted by Crippen LogP contribution is 2.31. The van der Waals surface area contributed by atoms with E-state index in [1.54, 1.807) is 16.3 Å². The van der Waals surface area contributed by atoms with Gasteiger partial charge in [0.1, 0.15) is 0 Å². The molecule has 26 heavy (non-hydrogen) atoms. The van der Waals surface area contributed by atoms with Gasteiger partial charge in [0.25, 0.3) is 6.01 Å². The normalized spacial score (nSPS) is 15.5. The van der Waals surface area contributed by atoms with E-state index in [4.69, 9.17) is 5.73 Å². The second-order valence-corrected chi connectivity index (χ2v) is 7.85. The molecule has 0 bridgehead atoms. The number of fused-ring (bicyclic) bond motifs is 1. The summed E-state index contributed by atoms with van der Waals surface area (Å²) in [4.78, 5) is 13.2. The van der Waals surface area contributed by atoms with Crippen molar-refractivity contribution in [2.75, 3.05) is 11.5 Å². The average Bonchev–Trinajstić information content (AvgIpc) is 2.98. The molecular formula is C19H23N5OS. The second kappa shape index (κ2) is 7.53. The van der Waals surface area contributed by atoms with Crippen molar-refractivity contribution in [2.45, 2.75) is 43.8 Å². The van der Waals surface area contributed by atoms with Gasteiger partial charge in [-0.2, -0.15) is 4.98 Å². The third-order valence-electron chi connectivity index (χ3n) is 4.94. The summed E-state index contributed by atoms with van der Waals surface area (Å²) in [5.41, 5.74) is 8.20. The maximum absolute atomic E-state index is 10.3. The minimum absolute atomic E-state index is 0.0840. The van der Waals surface area contributed by atoms with Crippen molar-refractivity contribution in [2.24, 2.45) is 5.92 Å². The summed E-state index contributed by atoms with van der Waals surface area (Å²) < 4.78 is 1.69. The van der Waals surface area contributed by atoms with Crippen molar-refractivity contribution in [1.29, 1.82) is 0 Å². The van der Waals surface area contributed by atoms with Crippen molar-refractivity contribution < 1.29 is 5.11 Å². The molecule has 0 aliphatic heterocycles.